The number of amides is 2. The molecule has 0 aliphatic heterocycles. The highest BCUT2D eigenvalue weighted by molar-refractivity contribution is 7.15. The molecule has 0 saturated heterocycles. The minimum atomic E-state index is -1.17. The molecule has 2 rings (SSSR count). The van der Waals surface area contributed by atoms with E-state index in [9.17, 15) is 14.0 Å². The van der Waals surface area contributed by atoms with E-state index in [2.05, 4.69) is 25.6 Å². The van der Waals surface area contributed by atoms with Gasteiger partial charge in [0.05, 0.1) is 7.11 Å². The molecule has 0 saturated carbocycles. The quantitative estimate of drug-likeness (QED) is 0.861. The van der Waals surface area contributed by atoms with Crippen LogP contribution in [0.5, 0.6) is 0 Å². The van der Waals surface area contributed by atoms with Crippen LogP contribution in [-0.2, 0) is 16.0 Å². The van der Waals surface area contributed by atoms with E-state index in [1.54, 1.807) is 26.0 Å². The van der Waals surface area contributed by atoms with Crippen molar-refractivity contribution in [3.05, 3.63) is 40.7 Å². The molecule has 1 aromatic carbocycles. The van der Waals surface area contributed by atoms with Crippen LogP contribution in [0.15, 0.2) is 24.3 Å². The van der Waals surface area contributed by atoms with Crippen molar-refractivity contribution >= 4 is 28.5 Å². The minimum Gasteiger partial charge on any atom is -0.453 e. The first-order chi connectivity index (χ1) is 11.3. The number of benzene rings is 1. The summed E-state index contributed by atoms with van der Waals surface area (Å²) in [5, 5.41) is 13.9. The average molecular weight is 352 g/mol. The number of nitrogens with one attached hydrogen (secondary N) is 2. The van der Waals surface area contributed by atoms with Gasteiger partial charge in [-0.1, -0.05) is 23.5 Å². The second-order valence-electron chi connectivity index (χ2n) is 5.50. The molecule has 9 heteroatoms. The molecule has 0 atom stereocenters. The minimum absolute atomic E-state index is 0.302. The van der Waals surface area contributed by atoms with Crippen molar-refractivity contribution in [3.63, 3.8) is 0 Å². The van der Waals surface area contributed by atoms with Gasteiger partial charge < -0.3 is 10.1 Å². The molecule has 0 aliphatic rings. The topological polar surface area (TPSA) is 93.2 Å². The second kappa shape index (κ2) is 7.35. The molecule has 0 spiro atoms. The third-order valence-corrected chi connectivity index (χ3v) is 3.96. The molecule has 0 unspecified atom stereocenters. The van der Waals surface area contributed by atoms with Crippen molar-refractivity contribution in [3.8, 4) is 0 Å². The molecular formula is C15H17FN4O3S. The lowest BCUT2D eigenvalue weighted by Crippen LogP contribution is -2.52. The molecule has 0 bridgehead atoms. The Kier molecular flexibility index (Phi) is 5.45. The summed E-state index contributed by atoms with van der Waals surface area (Å²) in [7, 11) is 1.22. The molecule has 2 aromatic rings. The molecule has 128 valence electrons. The van der Waals surface area contributed by atoms with Crippen molar-refractivity contribution in [2.24, 2.45) is 0 Å². The molecular weight excluding hydrogens is 335 g/mol. The molecule has 24 heavy (non-hydrogen) atoms. The van der Waals surface area contributed by atoms with Crippen molar-refractivity contribution in [2.45, 2.75) is 25.8 Å². The van der Waals surface area contributed by atoms with Crippen LogP contribution in [0.1, 0.15) is 24.4 Å². The van der Waals surface area contributed by atoms with E-state index in [4.69, 9.17) is 0 Å². The van der Waals surface area contributed by atoms with Crippen LogP contribution >= 0.6 is 11.3 Å². The normalized spacial score (nSPS) is 11.0. The number of hydrogen-bond acceptors (Lipinski definition) is 6. The zero-order valence-corrected chi connectivity index (χ0v) is 14.2. The number of carbonyl (C=O) groups excluding carboxylic acids is 2. The Balaban J connectivity index is 1.99. The highest BCUT2D eigenvalue weighted by Crippen LogP contribution is 2.20. The summed E-state index contributed by atoms with van der Waals surface area (Å²) in [6.45, 7) is 3.08. The van der Waals surface area contributed by atoms with Gasteiger partial charge in [-0.2, -0.15) is 0 Å². The Labute approximate surface area is 142 Å². The third-order valence-electron chi connectivity index (χ3n) is 3.12. The van der Waals surface area contributed by atoms with Gasteiger partial charge in [0.2, 0.25) is 5.13 Å². The molecule has 0 aliphatic carbocycles. The first-order valence-electron chi connectivity index (χ1n) is 7.04. The van der Waals surface area contributed by atoms with Gasteiger partial charge in [-0.05, 0) is 31.5 Å². The van der Waals surface area contributed by atoms with Gasteiger partial charge in [-0.25, -0.2) is 9.18 Å². The second-order valence-corrected chi connectivity index (χ2v) is 6.56. The smallest absolute Gasteiger partial charge is 0.407 e. The number of aromatic nitrogens is 2. The SMILES string of the molecule is COC(=O)NC(C)(C)C(=O)Nc1nnc(Cc2ccc(F)cc2)s1. The molecule has 0 fully saturated rings. The van der Waals surface area contributed by atoms with E-state index >= 15 is 0 Å². The van der Waals surface area contributed by atoms with Gasteiger partial charge in [0.25, 0.3) is 5.91 Å². The fraction of sp³-hybridized carbons (Fsp3) is 0.333. The van der Waals surface area contributed by atoms with E-state index in [-0.39, 0.29) is 5.82 Å². The zero-order chi connectivity index (χ0) is 17.7. The van der Waals surface area contributed by atoms with E-state index < -0.39 is 17.5 Å². The number of rotatable bonds is 5. The summed E-state index contributed by atoms with van der Waals surface area (Å²) in [5.41, 5.74) is -0.284. The van der Waals surface area contributed by atoms with Crippen molar-refractivity contribution in [1.82, 2.24) is 15.5 Å². The third kappa shape index (κ3) is 4.72. The Hall–Kier alpha value is -2.55. The number of methoxy groups -OCH3 is 1. The van der Waals surface area contributed by atoms with E-state index in [1.807, 2.05) is 0 Å². The largest absolute Gasteiger partial charge is 0.453 e. The fourth-order valence-electron chi connectivity index (χ4n) is 1.77. The van der Waals surface area contributed by atoms with Crippen LogP contribution in [0, 0.1) is 5.82 Å². The van der Waals surface area contributed by atoms with E-state index in [1.165, 1.54) is 30.6 Å². The lowest BCUT2D eigenvalue weighted by molar-refractivity contribution is -0.121. The van der Waals surface area contributed by atoms with Gasteiger partial charge in [0.1, 0.15) is 16.4 Å². The number of carbonyl (C=O) groups is 2. The summed E-state index contributed by atoms with van der Waals surface area (Å²) in [6.07, 6.45) is -0.220. The summed E-state index contributed by atoms with van der Waals surface area (Å²) in [6, 6.07) is 6.08. The summed E-state index contributed by atoms with van der Waals surface area (Å²) < 4.78 is 17.4. The average Bonchev–Trinajstić information content (AvgIpc) is 2.96. The molecule has 2 amide bonds. The first-order valence-corrected chi connectivity index (χ1v) is 7.86. The Morgan fingerprint density at radius 2 is 1.92 bits per heavy atom. The monoisotopic (exact) mass is 352 g/mol. The molecule has 7 nitrogen and oxygen atoms in total. The standard InChI is InChI=1S/C15H17FN4O3S/c1-15(2,18-14(22)23-3)12(21)17-13-20-19-11(24-13)8-9-4-6-10(16)7-5-9/h4-7H,8H2,1-3H3,(H,18,22)(H,17,20,21). The van der Waals surface area contributed by atoms with E-state index in [0.717, 1.165) is 5.56 Å². The van der Waals surface area contributed by atoms with Crippen LogP contribution in [0.25, 0.3) is 0 Å². The Morgan fingerprint density at radius 1 is 1.25 bits per heavy atom. The van der Waals surface area contributed by atoms with Gasteiger partial charge in [-0.3, -0.25) is 10.1 Å². The van der Waals surface area contributed by atoms with Crippen LogP contribution < -0.4 is 10.6 Å². The highest BCUT2D eigenvalue weighted by atomic mass is 32.1. The number of anilines is 1. The predicted octanol–water partition coefficient (Wildman–Crippen LogP) is 2.34. The number of hydrogen-bond donors (Lipinski definition) is 2. The molecule has 0 radical (unpaired) electrons. The maximum absolute atomic E-state index is 12.9. The van der Waals surface area contributed by atoms with Gasteiger partial charge in [0, 0.05) is 6.42 Å². The Bertz CT molecular complexity index is 731. The highest BCUT2D eigenvalue weighted by Gasteiger charge is 2.30. The number of ether oxygens (including phenoxy) is 1. The summed E-state index contributed by atoms with van der Waals surface area (Å²) in [4.78, 5) is 23.5. The van der Waals surface area contributed by atoms with Crippen LogP contribution in [0.3, 0.4) is 0 Å². The van der Waals surface area contributed by atoms with E-state index in [0.29, 0.717) is 16.6 Å². The number of alkyl carbamates (subject to hydrolysis) is 1. The molecule has 1 heterocycles. The maximum Gasteiger partial charge on any atom is 0.407 e. The van der Waals surface area contributed by atoms with Crippen molar-refractivity contribution < 1.29 is 18.7 Å². The number of halogens is 1. The zero-order valence-electron chi connectivity index (χ0n) is 13.4. The lowest BCUT2D eigenvalue weighted by Gasteiger charge is -2.23. The summed E-state index contributed by atoms with van der Waals surface area (Å²) >= 11 is 1.21. The van der Waals surface area contributed by atoms with Crippen LogP contribution in [0.2, 0.25) is 0 Å². The van der Waals surface area contributed by atoms with Crippen molar-refractivity contribution in [1.29, 1.82) is 0 Å². The molecule has 1 aromatic heterocycles. The maximum atomic E-state index is 12.9. The van der Waals surface area contributed by atoms with Gasteiger partial charge in [0.15, 0.2) is 0 Å². The van der Waals surface area contributed by atoms with Gasteiger partial charge in [-0.15, -0.1) is 10.2 Å². The van der Waals surface area contributed by atoms with Crippen LogP contribution in [-0.4, -0.2) is 34.8 Å². The van der Waals surface area contributed by atoms with Crippen LogP contribution in [0.4, 0.5) is 14.3 Å². The van der Waals surface area contributed by atoms with Crippen molar-refractivity contribution in [2.75, 3.05) is 12.4 Å². The lowest BCUT2D eigenvalue weighted by atomic mass is 10.1. The molecule has 2 N–H and O–H groups in total. The van der Waals surface area contributed by atoms with Gasteiger partial charge >= 0.3 is 6.09 Å². The number of nitrogens with zero attached hydrogens (tertiary/aromatic N) is 2. The predicted molar refractivity (Wildman–Crippen MR) is 87.4 cm³/mol. The first kappa shape index (κ1) is 17.8. The summed E-state index contributed by atoms with van der Waals surface area (Å²) in [5.74, 6) is -0.748. The Morgan fingerprint density at radius 3 is 2.54 bits per heavy atom. The fourth-order valence-corrected chi connectivity index (χ4v) is 2.54.